The lowest BCUT2D eigenvalue weighted by atomic mass is 10.1. The zero-order valence-electron chi connectivity index (χ0n) is 15.3. The highest BCUT2D eigenvalue weighted by Crippen LogP contribution is 2.20. The summed E-state index contributed by atoms with van der Waals surface area (Å²) in [6.07, 6.45) is 4.18. The van der Waals surface area contributed by atoms with E-state index in [0.29, 0.717) is 26.1 Å². The summed E-state index contributed by atoms with van der Waals surface area (Å²) >= 11 is 0. The second kappa shape index (κ2) is 8.68. The Morgan fingerprint density at radius 3 is 2.96 bits per heavy atom. The molecule has 2 aromatic rings. The fourth-order valence-electron chi connectivity index (χ4n) is 3.45. The molecule has 144 valence electrons. The van der Waals surface area contributed by atoms with E-state index in [0.717, 1.165) is 11.4 Å². The lowest BCUT2D eigenvalue weighted by molar-refractivity contribution is -0.125. The van der Waals surface area contributed by atoms with E-state index in [1.165, 1.54) is 0 Å². The summed E-state index contributed by atoms with van der Waals surface area (Å²) in [4.78, 5) is 34.1. The molecule has 0 unspecified atom stereocenters. The van der Waals surface area contributed by atoms with Gasteiger partial charge in [-0.3, -0.25) is 14.5 Å². The summed E-state index contributed by atoms with van der Waals surface area (Å²) in [5.74, 6) is 0.770. The van der Waals surface area contributed by atoms with E-state index >= 15 is 0 Å². The zero-order valence-corrected chi connectivity index (χ0v) is 15.3. The van der Waals surface area contributed by atoms with Crippen LogP contribution >= 0.6 is 0 Å². The molecule has 0 radical (unpaired) electrons. The predicted molar refractivity (Wildman–Crippen MR) is 99.8 cm³/mol. The largest absolute Gasteiger partial charge is 0.508 e. The molecule has 2 amide bonds. The van der Waals surface area contributed by atoms with Crippen molar-refractivity contribution in [2.24, 2.45) is 0 Å². The number of hydrogen-bond donors (Lipinski definition) is 4. The number of carbonyl (C=O) groups is 2. The topological polar surface area (TPSA) is 110 Å². The normalized spacial score (nSPS) is 19.7. The third-order valence-electron chi connectivity index (χ3n) is 4.61. The highest BCUT2D eigenvalue weighted by molar-refractivity contribution is 5.83. The Bertz CT molecular complexity index is 777. The second-order valence-electron chi connectivity index (χ2n) is 6.72. The van der Waals surface area contributed by atoms with Gasteiger partial charge < -0.3 is 20.7 Å². The molecule has 0 bridgehead atoms. The van der Waals surface area contributed by atoms with Crippen molar-refractivity contribution >= 4 is 11.8 Å². The minimum Gasteiger partial charge on any atom is -0.508 e. The molecular weight excluding hydrogens is 346 g/mol. The highest BCUT2D eigenvalue weighted by atomic mass is 16.3. The van der Waals surface area contributed by atoms with Crippen LogP contribution in [0.15, 0.2) is 36.7 Å². The number of aromatic nitrogens is 2. The quantitative estimate of drug-likeness (QED) is 0.568. The van der Waals surface area contributed by atoms with E-state index in [4.69, 9.17) is 0 Å². The van der Waals surface area contributed by atoms with Crippen LogP contribution in [0.4, 0.5) is 0 Å². The Hall–Kier alpha value is -2.87. The van der Waals surface area contributed by atoms with Crippen LogP contribution in [0, 0.1) is 0 Å². The van der Waals surface area contributed by atoms with Gasteiger partial charge in [0.2, 0.25) is 11.8 Å². The lowest BCUT2D eigenvalue weighted by Crippen LogP contribution is -2.42. The number of aromatic amines is 1. The molecule has 1 saturated heterocycles. The van der Waals surface area contributed by atoms with Gasteiger partial charge in [-0.2, -0.15) is 0 Å². The maximum atomic E-state index is 12.4. The molecule has 3 rings (SSSR count). The van der Waals surface area contributed by atoms with Gasteiger partial charge in [0.15, 0.2) is 0 Å². The first-order valence-corrected chi connectivity index (χ1v) is 9.12. The number of carbonyl (C=O) groups excluding carboxylic acids is 2. The Labute approximate surface area is 158 Å². The molecule has 1 fully saturated rings. The maximum Gasteiger partial charge on any atom is 0.237 e. The predicted octanol–water partition coefficient (Wildman–Crippen LogP) is 0.553. The zero-order chi connectivity index (χ0) is 19.2. The molecule has 2 atom stereocenters. The van der Waals surface area contributed by atoms with Gasteiger partial charge in [-0.1, -0.05) is 12.1 Å². The SMILES string of the molecule is CCNC(=O)[C@@H]1C[C@H](NC(=O)Cc2cccc(O)c2)CN1Cc1ncc[nH]1. The van der Waals surface area contributed by atoms with Crippen LogP contribution in [0.2, 0.25) is 0 Å². The van der Waals surface area contributed by atoms with Gasteiger partial charge in [0.1, 0.15) is 11.6 Å². The van der Waals surface area contributed by atoms with E-state index in [1.54, 1.807) is 36.7 Å². The summed E-state index contributed by atoms with van der Waals surface area (Å²) in [5.41, 5.74) is 0.748. The molecule has 0 aliphatic carbocycles. The van der Waals surface area contributed by atoms with Crippen LogP contribution in [-0.2, 0) is 22.6 Å². The molecule has 4 N–H and O–H groups in total. The number of likely N-dealkylation sites (tertiary alicyclic amines) is 1. The van der Waals surface area contributed by atoms with Gasteiger partial charge in [-0.15, -0.1) is 0 Å². The molecule has 1 aromatic carbocycles. The van der Waals surface area contributed by atoms with E-state index in [9.17, 15) is 14.7 Å². The Kier molecular flexibility index (Phi) is 6.08. The van der Waals surface area contributed by atoms with Gasteiger partial charge in [-0.05, 0) is 31.0 Å². The smallest absolute Gasteiger partial charge is 0.237 e. The average Bonchev–Trinajstić information content (AvgIpc) is 3.25. The van der Waals surface area contributed by atoms with E-state index < -0.39 is 0 Å². The van der Waals surface area contributed by atoms with Crippen molar-refractivity contribution in [2.75, 3.05) is 13.1 Å². The van der Waals surface area contributed by atoms with Crippen molar-refractivity contribution in [3.05, 3.63) is 48.0 Å². The Morgan fingerprint density at radius 2 is 2.26 bits per heavy atom. The van der Waals surface area contributed by atoms with Crippen LogP contribution in [-0.4, -0.2) is 57.0 Å². The van der Waals surface area contributed by atoms with Gasteiger partial charge >= 0.3 is 0 Å². The number of rotatable bonds is 7. The number of aromatic hydroxyl groups is 1. The van der Waals surface area contributed by atoms with Crippen LogP contribution < -0.4 is 10.6 Å². The van der Waals surface area contributed by atoms with E-state index in [1.807, 2.05) is 11.8 Å². The van der Waals surface area contributed by atoms with E-state index in [-0.39, 0.29) is 36.1 Å². The average molecular weight is 371 g/mol. The standard InChI is InChI=1S/C19H25N5O3/c1-2-20-19(27)16-10-14(11-24(16)12-17-21-6-7-22-17)23-18(26)9-13-4-3-5-15(25)8-13/h3-8,14,16,25H,2,9-12H2,1H3,(H,20,27)(H,21,22)(H,23,26)/t14-,16-/m0/s1. The fraction of sp³-hybridized carbons (Fsp3) is 0.421. The minimum absolute atomic E-state index is 0.0335. The first-order chi connectivity index (χ1) is 13.0. The van der Waals surface area contributed by atoms with Crippen molar-refractivity contribution in [3.63, 3.8) is 0 Å². The summed E-state index contributed by atoms with van der Waals surface area (Å²) < 4.78 is 0. The lowest BCUT2D eigenvalue weighted by Gasteiger charge is -2.22. The van der Waals surface area contributed by atoms with Gasteiger partial charge in [-0.25, -0.2) is 4.98 Å². The molecular formula is C19H25N5O3. The number of H-pyrrole nitrogens is 1. The summed E-state index contributed by atoms with van der Waals surface area (Å²) in [7, 11) is 0. The molecule has 27 heavy (non-hydrogen) atoms. The number of amides is 2. The highest BCUT2D eigenvalue weighted by Gasteiger charge is 2.37. The van der Waals surface area contributed by atoms with Crippen LogP contribution in [0.1, 0.15) is 24.7 Å². The number of phenolic OH excluding ortho intramolecular Hbond substituents is 1. The minimum atomic E-state index is -0.305. The first-order valence-electron chi connectivity index (χ1n) is 9.12. The third-order valence-corrected chi connectivity index (χ3v) is 4.61. The molecule has 8 nitrogen and oxygen atoms in total. The number of imidazole rings is 1. The molecule has 0 spiro atoms. The number of likely N-dealkylation sites (N-methyl/N-ethyl adjacent to an activating group) is 1. The van der Waals surface area contributed by atoms with Crippen molar-refractivity contribution in [1.29, 1.82) is 0 Å². The monoisotopic (exact) mass is 371 g/mol. The van der Waals surface area contributed by atoms with Crippen LogP contribution in [0.25, 0.3) is 0 Å². The van der Waals surface area contributed by atoms with Crippen LogP contribution in [0.5, 0.6) is 5.75 Å². The van der Waals surface area contributed by atoms with Crippen molar-refractivity contribution in [2.45, 2.75) is 38.4 Å². The number of hydrogen-bond acceptors (Lipinski definition) is 5. The summed E-state index contributed by atoms with van der Waals surface area (Å²) in [6, 6.07) is 6.24. The summed E-state index contributed by atoms with van der Waals surface area (Å²) in [6.45, 7) is 3.55. The Balaban J connectivity index is 1.61. The number of phenols is 1. The first kappa shape index (κ1) is 18.9. The van der Waals surface area contributed by atoms with Crippen molar-refractivity contribution < 1.29 is 14.7 Å². The van der Waals surface area contributed by atoms with Crippen molar-refractivity contribution in [1.82, 2.24) is 25.5 Å². The molecule has 2 heterocycles. The molecule has 1 aliphatic rings. The van der Waals surface area contributed by atoms with Gasteiger partial charge in [0.25, 0.3) is 0 Å². The number of benzene rings is 1. The van der Waals surface area contributed by atoms with Crippen LogP contribution in [0.3, 0.4) is 0 Å². The molecule has 1 aliphatic heterocycles. The number of nitrogens with zero attached hydrogens (tertiary/aromatic N) is 2. The molecule has 0 saturated carbocycles. The Morgan fingerprint density at radius 1 is 1.41 bits per heavy atom. The van der Waals surface area contributed by atoms with Gasteiger partial charge in [0.05, 0.1) is 19.0 Å². The number of nitrogens with one attached hydrogen (secondary N) is 3. The molecule has 8 heteroatoms. The summed E-state index contributed by atoms with van der Waals surface area (Å²) in [5, 5.41) is 15.4. The second-order valence-corrected chi connectivity index (χ2v) is 6.72. The molecule has 1 aromatic heterocycles. The maximum absolute atomic E-state index is 12.4. The van der Waals surface area contributed by atoms with Gasteiger partial charge in [0, 0.05) is 31.5 Å². The third kappa shape index (κ3) is 5.07. The van der Waals surface area contributed by atoms with Crippen molar-refractivity contribution in [3.8, 4) is 5.75 Å². The fourth-order valence-corrected chi connectivity index (χ4v) is 3.45. The van der Waals surface area contributed by atoms with E-state index in [2.05, 4.69) is 20.6 Å².